The van der Waals surface area contributed by atoms with Gasteiger partial charge in [-0.25, -0.2) is 4.98 Å². The van der Waals surface area contributed by atoms with E-state index in [1.165, 1.54) is 0 Å². The van der Waals surface area contributed by atoms with Gasteiger partial charge >= 0.3 is 5.97 Å². The van der Waals surface area contributed by atoms with Crippen molar-refractivity contribution < 1.29 is 19.7 Å². The van der Waals surface area contributed by atoms with E-state index in [0.717, 1.165) is 47.3 Å². The van der Waals surface area contributed by atoms with E-state index in [9.17, 15) is 15.0 Å². The lowest BCUT2D eigenvalue weighted by Crippen LogP contribution is -2.41. The molecule has 3 heterocycles. The van der Waals surface area contributed by atoms with Crippen molar-refractivity contribution in [2.24, 2.45) is 18.9 Å². The molecule has 0 amide bonds. The Morgan fingerprint density at radius 3 is 2.91 bits per heavy atom. The number of fused-ring (bicyclic) bond motifs is 1. The maximum Gasteiger partial charge on any atom is 0.303 e. The third-order valence-corrected chi connectivity index (χ3v) is 6.90. The van der Waals surface area contributed by atoms with Crippen molar-refractivity contribution in [2.75, 3.05) is 26.7 Å². The van der Waals surface area contributed by atoms with E-state index < -0.39 is 12.1 Å². The highest BCUT2D eigenvalue weighted by molar-refractivity contribution is 5.83. The monoisotopic (exact) mass is 476 g/mol. The van der Waals surface area contributed by atoms with Gasteiger partial charge in [0.1, 0.15) is 11.4 Å². The minimum atomic E-state index is -0.782. The van der Waals surface area contributed by atoms with Crippen LogP contribution in [-0.4, -0.2) is 62.4 Å². The Morgan fingerprint density at radius 2 is 2.17 bits per heavy atom. The average Bonchev–Trinajstić information content (AvgIpc) is 3.26. The molecule has 35 heavy (non-hydrogen) atoms. The van der Waals surface area contributed by atoms with Gasteiger partial charge in [0.25, 0.3) is 0 Å². The number of carbonyl (C=O) groups is 1. The zero-order valence-corrected chi connectivity index (χ0v) is 20.2. The van der Waals surface area contributed by atoms with Crippen LogP contribution in [0.4, 0.5) is 0 Å². The fourth-order valence-electron chi connectivity index (χ4n) is 4.95. The molecular weight excluding hydrogens is 444 g/mol. The molecule has 8 heteroatoms. The molecule has 184 valence electrons. The van der Waals surface area contributed by atoms with Gasteiger partial charge in [-0.1, -0.05) is 5.92 Å². The second kappa shape index (κ2) is 11.3. The topological polar surface area (TPSA) is 101 Å². The molecule has 1 aromatic carbocycles. The molecule has 4 rings (SSSR count). The van der Waals surface area contributed by atoms with Gasteiger partial charge in [-0.3, -0.25) is 14.7 Å². The Hall–Kier alpha value is -3.41. The van der Waals surface area contributed by atoms with Crippen LogP contribution in [0.5, 0.6) is 5.75 Å². The summed E-state index contributed by atoms with van der Waals surface area (Å²) in [5.41, 5.74) is 2.50. The number of hydrogen-bond donors (Lipinski definition) is 2. The normalized spacial score (nSPS) is 19.2. The molecule has 1 aliphatic heterocycles. The van der Waals surface area contributed by atoms with E-state index in [-0.39, 0.29) is 18.3 Å². The molecule has 2 N–H and O–H groups in total. The van der Waals surface area contributed by atoms with Crippen LogP contribution in [0, 0.1) is 23.7 Å². The molecule has 3 atom stereocenters. The van der Waals surface area contributed by atoms with Crippen molar-refractivity contribution >= 4 is 16.9 Å². The molecule has 0 saturated carbocycles. The molecule has 8 nitrogen and oxygen atoms in total. The lowest BCUT2D eigenvalue weighted by molar-refractivity contribution is -0.139. The number of likely N-dealkylation sites (tertiary alicyclic amines) is 1. The first-order valence-corrected chi connectivity index (χ1v) is 11.9. The molecule has 0 unspecified atom stereocenters. The van der Waals surface area contributed by atoms with Crippen molar-refractivity contribution in [3.8, 4) is 17.6 Å². The number of aliphatic carboxylic acids is 1. The number of ether oxygens (including phenoxy) is 1. The molecular formula is C27H32N4O4. The first-order valence-electron chi connectivity index (χ1n) is 11.9. The number of nitrogens with zero attached hydrogens (tertiary/aromatic N) is 4. The molecule has 1 fully saturated rings. The number of benzene rings is 1. The SMILES string of the molecule is COc1ccc2nccc([C@@H](O)CC[C@@H]3CCN(CC#Cc4cncn4C)C[C@@H]3CC(=O)O)c2c1. The molecule has 1 saturated heterocycles. The van der Waals surface area contributed by atoms with E-state index in [1.807, 2.05) is 35.9 Å². The summed E-state index contributed by atoms with van der Waals surface area (Å²) >= 11 is 0. The van der Waals surface area contributed by atoms with Crippen LogP contribution < -0.4 is 4.74 Å². The number of pyridine rings is 1. The van der Waals surface area contributed by atoms with Crippen LogP contribution in [0.25, 0.3) is 10.9 Å². The molecule has 1 aliphatic rings. The van der Waals surface area contributed by atoms with Crippen LogP contribution in [0.3, 0.4) is 0 Å². The summed E-state index contributed by atoms with van der Waals surface area (Å²) in [5, 5.41) is 21.4. The number of methoxy groups -OCH3 is 1. The van der Waals surface area contributed by atoms with Crippen LogP contribution >= 0.6 is 0 Å². The average molecular weight is 477 g/mol. The standard InChI is InChI=1S/C27H32N4O4/c1-30-18-28-16-21(30)4-3-12-31-13-10-19(20(17-31)14-27(33)34)5-8-26(32)23-9-11-29-25-7-6-22(35-2)15-24(23)25/h6-7,9,11,15-16,18-20,26,32H,5,8,10,12-14,17H2,1-2H3,(H,33,34)/t19-,20+,26+/m1/s1. The Morgan fingerprint density at radius 1 is 1.31 bits per heavy atom. The zero-order chi connectivity index (χ0) is 24.8. The maximum absolute atomic E-state index is 11.6. The van der Waals surface area contributed by atoms with Crippen molar-refractivity contribution in [3.05, 3.63) is 54.2 Å². The first-order chi connectivity index (χ1) is 16.9. The quantitative estimate of drug-likeness (QED) is 0.481. The summed E-state index contributed by atoms with van der Waals surface area (Å²) in [7, 11) is 3.53. The number of carboxylic acids is 1. The van der Waals surface area contributed by atoms with Gasteiger partial charge in [-0.2, -0.15) is 0 Å². The smallest absolute Gasteiger partial charge is 0.303 e. The molecule has 0 aliphatic carbocycles. The molecule has 3 aromatic rings. The van der Waals surface area contributed by atoms with Crippen molar-refractivity contribution in [1.29, 1.82) is 0 Å². The molecule has 2 aromatic heterocycles. The molecule has 0 spiro atoms. The number of piperidine rings is 1. The van der Waals surface area contributed by atoms with Crippen LogP contribution in [-0.2, 0) is 11.8 Å². The van der Waals surface area contributed by atoms with Crippen LogP contribution in [0.1, 0.15) is 43.0 Å². The summed E-state index contributed by atoms with van der Waals surface area (Å²) in [6.07, 6.45) is 6.87. The Bertz CT molecular complexity index is 1230. The number of aryl methyl sites for hydroxylation is 1. The van der Waals surface area contributed by atoms with E-state index in [2.05, 4.69) is 26.7 Å². The second-order valence-corrected chi connectivity index (χ2v) is 9.21. The maximum atomic E-state index is 11.6. The number of carboxylic acid groups (broad SMARTS) is 1. The summed E-state index contributed by atoms with van der Waals surface area (Å²) in [6, 6.07) is 7.50. The Labute approximate surface area is 205 Å². The van der Waals surface area contributed by atoms with Gasteiger partial charge in [-0.15, -0.1) is 0 Å². The first kappa shape index (κ1) is 24.7. The lowest BCUT2D eigenvalue weighted by atomic mass is 9.79. The number of aliphatic hydroxyl groups is 1. The fourth-order valence-corrected chi connectivity index (χ4v) is 4.95. The van der Waals surface area contributed by atoms with Gasteiger partial charge in [0, 0.05) is 31.6 Å². The Balaban J connectivity index is 1.39. The second-order valence-electron chi connectivity index (χ2n) is 9.21. The number of aromatic nitrogens is 3. The van der Waals surface area contributed by atoms with E-state index in [4.69, 9.17) is 4.74 Å². The van der Waals surface area contributed by atoms with E-state index in [1.54, 1.807) is 25.8 Å². The molecule has 0 radical (unpaired) electrons. The molecule has 0 bridgehead atoms. The third kappa shape index (κ3) is 6.18. The third-order valence-electron chi connectivity index (χ3n) is 6.90. The van der Waals surface area contributed by atoms with Crippen molar-refractivity contribution in [3.63, 3.8) is 0 Å². The summed E-state index contributed by atoms with van der Waals surface area (Å²) in [6.45, 7) is 2.16. The van der Waals surface area contributed by atoms with Crippen molar-refractivity contribution in [1.82, 2.24) is 19.4 Å². The minimum Gasteiger partial charge on any atom is -0.497 e. The van der Waals surface area contributed by atoms with Crippen LogP contribution in [0.15, 0.2) is 43.0 Å². The largest absolute Gasteiger partial charge is 0.497 e. The number of hydrogen-bond acceptors (Lipinski definition) is 6. The minimum absolute atomic E-state index is 0.0289. The predicted octanol–water partition coefficient (Wildman–Crippen LogP) is 3.26. The predicted molar refractivity (Wildman–Crippen MR) is 133 cm³/mol. The summed E-state index contributed by atoms with van der Waals surface area (Å²) in [4.78, 5) is 22.3. The highest BCUT2D eigenvalue weighted by Crippen LogP contribution is 2.34. The Kier molecular flexibility index (Phi) is 8.01. The van der Waals surface area contributed by atoms with Crippen molar-refractivity contribution in [2.45, 2.75) is 31.8 Å². The summed E-state index contributed by atoms with van der Waals surface area (Å²) in [5.74, 6) is 6.54. The van der Waals surface area contributed by atoms with Gasteiger partial charge < -0.3 is 19.5 Å². The van der Waals surface area contributed by atoms with Gasteiger partial charge in [-0.05, 0) is 73.4 Å². The number of aliphatic hydroxyl groups excluding tert-OH is 1. The highest BCUT2D eigenvalue weighted by Gasteiger charge is 2.31. The summed E-state index contributed by atoms with van der Waals surface area (Å²) < 4.78 is 7.22. The fraction of sp³-hybridized carbons (Fsp3) is 0.444. The number of imidazole rings is 1. The lowest BCUT2D eigenvalue weighted by Gasteiger charge is -2.37. The highest BCUT2D eigenvalue weighted by atomic mass is 16.5. The van der Waals surface area contributed by atoms with Gasteiger partial charge in [0.05, 0.1) is 37.8 Å². The van der Waals surface area contributed by atoms with E-state index >= 15 is 0 Å². The number of rotatable bonds is 8. The zero-order valence-electron chi connectivity index (χ0n) is 20.2. The van der Waals surface area contributed by atoms with Gasteiger partial charge in [0.2, 0.25) is 0 Å². The van der Waals surface area contributed by atoms with Gasteiger partial charge in [0.15, 0.2) is 0 Å². The van der Waals surface area contributed by atoms with E-state index in [0.29, 0.717) is 19.5 Å². The van der Waals surface area contributed by atoms with Crippen LogP contribution in [0.2, 0.25) is 0 Å².